The second-order valence-corrected chi connectivity index (χ2v) is 2.95. The molecular weight excluding hydrogens is 215 g/mol. The van der Waals surface area contributed by atoms with E-state index in [1.54, 1.807) is 0 Å². The van der Waals surface area contributed by atoms with E-state index in [-0.39, 0.29) is 18.1 Å². The predicted molar refractivity (Wildman–Crippen MR) is 42.7 cm³/mol. The van der Waals surface area contributed by atoms with Gasteiger partial charge in [-0.2, -0.15) is 18.2 Å². The lowest BCUT2D eigenvalue weighted by molar-refractivity contribution is -0.134. The van der Waals surface area contributed by atoms with Crippen LogP contribution in [0, 0.1) is 0 Å². The number of hydrogen-bond acceptors (Lipinski definition) is 5. The molecule has 3 N–H and O–H groups in total. The summed E-state index contributed by atoms with van der Waals surface area (Å²) >= 11 is 0. The molecule has 0 amide bonds. The first-order chi connectivity index (χ1) is 6.92. The summed E-state index contributed by atoms with van der Waals surface area (Å²) in [6.45, 7) is -0.402. The molecule has 0 aromatic carbocycles. The van der Waals surface area contributed by atoms with Gasteiger partial charge in [-0.1, -0.05) is 5.16 Å². The van der Waals surface area contributed by atoms with Crippen LogP contribution in [-0.4, -0.2) is 28.0 Å². The first-order valence-electron chi connectivity index (χ1n) is 4.18. The van der Waals surface area contributed by atoms with Crippen molar-refractivity contribution in [3.8, 4) is 0 Å². The molecule has 1 rings (SSSR count). The van der Waals surface area contributed by atoms with Gasteiger partial charge in [0.2, 0.25) is 5.89 Å². The fourth-order valence-electron chi connectivity index (χ4n) is 0.851. The maximum absolute atomic E-state index is 11.8. The van der Waals surface area contributed by atoms with Gasteiger partial charge in [-0.05, 0) is 0 Å². The van der Waals surface area contributed by atoms with Crippen LogP contribution in [0.2, 0.25) is 0 Å². The van der Waals surface area contributed by atoms with Crippen LogP contribution in [0.1, 0.15) is 24.2 Å². The van der Waals surface area contributed by atoms with Gasteiger partial charge in [0.25, 0.3) is 0 Å². The molecule has 0 fully saturated rings. The van der Waals surface area contributed by atoms with Crippen molar-refractivity contribution in [3.63, 3.8) is 0 Å². The highest BCUT2D eigenvalue weighted by Crippen LogP contribution is 2.21. The molecule has 0 unspecified atom stereocenters. The van der Waals surface area contributed by atoms with E-state index < -0.39 is 25.2 Å². The van der Waals surface area contributed by atoms with E-state index in [1.165, 1.54) is 0 Å². The molecular formula is C7H10F3N3O2. The number of halogens is 3. The fourth-order valence-corrected chi connectivity index (χ4v) is 0.851. The van der Waals surface area contributed by atoms with Crippen LogP contribution in [0.5, 0.6) is 0 Å². The Bertz CT molecular complexity index is 313. The minimum Gasteiger partial charge on any atom is -0.394 e. The number of rotatable bonds is 4. The monoisotopic (exact) mass is 225 g/mol. The average Bonchev–Trinajstić information content (AvgIpc) is 2.61. The topological polar surface area (TPSA) is 85.2 Å². The van der Waals surface area contributed by atoms with Crippen LogP contribution < -0.4 is 5.73 Å². The highest BCUT2D eigenvalue weighted by molar-refractivity contribution is 4.92. The van der Waals surface area contributed by atoms with Crippen molar-refractivity contribution in [3.05, 3.63) is 11.7 Å². The molecule has 0 aliphatic carbocycles. The fraction of sp³-hybridized carbons (Fsp3) is 0.714. The van der Waals surface area contributed by atoms with Crippen molar-refractivity contribution in [2.45, 2.75) is 25.1 Å². The van der Waals surface area contributed by atoms with Gasteiger partial charge in [-0.3, -0.25) is 0 Å². The van der Waals surface area contributed by atoms with Gasteiger partial charge in [0.05, 0.1) is 13.0 Å². The van der Waals surface area contributed by atoms with Crippen LogP contribution >= 0.6 is 0 Å². The summed E-state index contributed by atoms with van der Waals surface area (Å²) in [6, 6.07) is -0.850. The van der Waals surface area contributed by atoms with Crippen LogP contribution in [0.25, 0.3) is 0 Å². The third-order valence-corrected chi connectivity index (χ3v) is 1.63. The second kappa shape index (κ2) is 4.58. The molecule has 1 heterocycles. The van der Waals surface area contributed by atoms with E-state index in [9.17, 15) is 13.2 Å². The number of hydrogen-bond donors (Lipinski definition) is 2. The second-order valence-electron chi connectivity index (χ2n) is 2.95. The summed E-state index contributed by atoms with van der Waals surface area (Å²) in [5.41, 5.74) is 5.32. The summed E-state index contributed by atoms with van der Waals surface area (Å²) in [5.74, 6) is -0.124. The number of aliphatic hydroxyl groups excluding tert-OH is 1. The van der Waals surface area contributed by atoms with Crippen LogP contribution in [0.3, 0.4) is 0 Å². The molecule has 5 nitrogen and oxygen atoms in total. The van der Waals surface area contributed by atoms with Gasteiger partial charge in [-0.25, -0.2) is 0 Å². The molecule has 1 aromatic rings. The molecule has 1 aromatic heterocycles. The molecule has 0 saturated heterocycles. The standard InChI is InChI=1S/C7H10F3N3O2/c8-7(9,10)2-1-5-12-6(15-13-5)4(11)3-14/h4,14H,1-3,11H2/t4-/m0/s1. The maximum Gasteiger partial charge on any atom is 0.389 e. The SMILES string of the molecule is N[C@@H](CO)c1nc(CCC(F)(F)F)no1. The van der Waals surface area contributed by atoms with Crippen molar-refractivity contribution >= 4 is 0 Å². The zero-order chi connectivity index (χ0) is 11.5. The summed E-state index contributed by atoms with van der Waals surface area (Å²) < 4.78 is 40.0. The van der Waals surface area contributed by atoms with Crippen LogP contribution in [-0.2, 0) is 6.42 Å². The van der Waals surface area contributed by atoms with Gasteiger partial charge >= 0.3 is 6.18 Å². The Labute approximate surface area is 83.1 Å². The van der Waals surface area contributed by atoms with Gasteiger partial charge < -0.3 is 15.4 Å². The largest absolute Gasteiger partial charge is 0.394 e. The molecule has 0 spiro atoms. The molecule has 86 valence electrons. The minimum absolute atomic E-state index is 0.0605. The zero-order valence-electron chi connectivity index (χ0n) is 7.66. The lowest BCUT2D eigenvalue weighted by Crippen LogP contribution is -2.15. The van der Waals surface area contributed by atoms with Gasteiger partial charge in [0.1, 0.15) is 6.04 Å². The Morgan fingerprint density at radius 3 is 2.67 bits per heavy atom. The molecule has 1 atom stereocenters. The van der Waals surface area contributed by atoms with Crippen molar-refractivity contribution < 1.29 is 22.8 Å². The van der Waals surface area contributed by atoms with E-state index >= 15 is 0 Å². The number of nitrogens with zero attached hydrogens (tertiary/aromatic N) is 2. The molecule has 0 aliphatic rings. The Hall–Kier alpha value is -1.15. The Morgan fingerprint density at radius 1 is 1.47 bits per heavy atom. The molecule has 0 aliphatic heterocycles. The van der Waals surface area contributed by atoms with Crippen molar-refractivity contribution in [1.29, 1.82) is 0 Å². The molecule has 0 bridgehead atoms. The third kappa shape index (κ3) is 3.84. The zero-order valence-corrected chi connectivity index (χ0v) is 7.66. The number of aliphatic hydroxyl groups is 1. The molecule has 8 heteroatoms. The van der Waals surface area contributed by atoms with E-state index in [4.69, 9.17) is 10.8 Å². The van der Waals surface area contributed by atoms with E-state index in [0.29, 0.717) is 0 Å². The number of aromatic nitrogens is 2. The summed E-state index contributed by atoms with van der Waals surface area (Å²) in [7, 11) is 0. The van der Waals surface area contributed by atoms with E-state index in [2.05, 4.69) is 14.7 Å². The summed E-state index contributed by atoms with van der Waals surface area (Å²) in [6.07, 6.45) is -5.62. The summed E-state index contributed by atoms with van der Waals surface area (Å²) in [4.78, 5) is 3.62. The summed E-state index contributed by atoms with van der Waals surface area (Å²) in [5, 5.41) is 11.9. The average molecular weight is 225 g/mol. The van der Waals surface area contributed by atoms with Gasteiger partial charge in [0, 0.05) is 6.42 Å². The number of alkyl halides is 3. The van der Waals surface area contributed by atoms with Crippen molar-refractivity contribution in [1.82, 2.24) is 10.1 Å². The molecule has 0 radical (unpaired) electrons. The predicted octanol–water partition coefficient (Wildman–Crippen LogP) is 0.557. The first kappa shape index (κ1) is 11.9. The third-order valence-electron chi connectivity index (χ3n) is 1.63. The van der Waals surface area contributed by atoms with Gasteiger partial charge in [0.15, 0.2) is 5.82 Å². The molecule has 0 saturated carbocycles. The normalized spacial score (nSPS) is 14.2. The maximum atomic E-state index is 11.8. The smallest absolute Gasteiger partial charge is 0.389 e. The lowest BCUT2D eigenvalue weighted by Gasteiger charge is -2.02. The van der Waals surface area contributed by atoms with E-state index in [0.717, 1.165) is 0 Å². The number of aryl methyl sites for hydroxylation is 1. The first-order valence-corrected chi connectivity index (χ1v) is 4.18. The molecule has 15 heavy (non-hydrogen) atoms. The Balaban J connectivity index is 2.53. The lowest BCUT2D eigenvalue weighted by atomic mass is 10.3. The Kier molecular flexibility index (Phi) is 3.64. The number of nitrogens with two attached hydrogens (primary N) is 1. The highest BCUT2D eigenvalue weighted by Gasteiger charge is 2.27. The Morgan fingerprint density at radius 2 is 2.13 bits per heavy atom. The van der Waals surface area contributed by atoms with Crippen molar-refractivity contribution in [2.75, 3.05) is 6.61 Å². The van der Waals surface area contributed by atoms with E-state index in [1.807, 2.05) is 0 Å². The van der Waals surface area contributed by atoms with Crippen molar-refractivity contribution in [2.24, 2.45) is 5.73 Å². The van der Waals surface area contributed by atoms with Gasteiger partial charge in [-0.15, -0.1) is 0 Å². The highest BCUT2D eigenvalue weighted by atomic mass is 19.4. The van der Waals surface area contributed by atoms with Crippen LogP contribution in [0.4, 0.5) is 13.2 Å². The minimum atomic E-state index is -4.25. The quantitative estimate of drug-likeness (QED) is 0.781. The van der Waals surface area contributed by atoms with Crippen LogP contribution in [0.15, 0.2) is 4.52 Å².